The van der Waals surface area contributed by atoms with Gasteiger partial charge < -0.3 is 10.5 Å². The zero-order chi connectivity index (χ0) is 14.0. The Morgan fingerprint density at radius 3 is 3.00 bits per heavy atom. The van der Waals surface area contributed by atoms with Crippen molar-refractivity contribution in [2.24, 2.45) is 10.8 Å². The number of carbonyl (C=O) groups is 1. The molecule has 0 saturated carbocycles. The van der Waals surface area contributed by atoms with Gasteiger partial charge in [0, 0.05) is 10.0 Å². The van der Waals surface area contributed by atoms with E-state index in [1.54, 1.807) is 18.2 Å². The Kier molecular flexibility index (Phi) is 3.48. The number of hydrazone groups is 1. The number of hydrogen-bond acceptors (Lipinski definition) is 6. The Labute approximate surface area is 116 Å². The number of carbonyl (C=O) groups excluding carboxylic acids is 1. The SMILES string of the molecule is N#C/C(=N\Nc1c(Br)ccc2c1C(=O)OC2)C(=N)N. The van der Waals surface area contributed by atoms with Gasteiger partial charge in [0.15, 0.2) is 5.84 Å². The zero-order valence-electron chi connectivity index (χ0n) is 9.53. The molecule has 0 unspecified atom stereocenters. The van der Waals surface area contributed by atoms with Crippen LogP contribution in [0.5, 0.6) is 0 Å². The Hall–Kier alpha value is -2.40. The number of rotatable bonds is 3. The fraction of sp³-hybridized carbons (Fsp3) is 0.0909. The number of nitrogens with two attached hydrogens (primary N) is 1. The number of benzene rings is 1. The summed E-state index contributed by atoms with van der Waals surface area (Å²) in [6.07, 6.45) is 0. The highest BCUT2D eigenvalue weighted by molar-refractivity contribution is 9.10. The van der Waals surface area contributed by atoms with Gasteiger partial charge in [-0.15, -0.1) is 0 Å². The van der Waals surface area contributed by atoms with Crippen LogP contribution in [0.3, 0.4) is 0 Å². The second-order valence-electron chi connectivity index (χ2n) is 3.63. The van der Waals surface area contributed by atoms with E-state index >= 15 is 0 Å². The molecule has 0 spiro atoms. The van der Waals surface area contributed by atoms with Crippen molar-refractivity contribution in [1.29, 1.82) is 10.7 Å². The summed E-state index contributed by atoms with van der Waals surface area (Å²) in [6, 6.07) is 5.17. The van der Waals surface area contributed by atoms with Gasteiger partial charge in [-0.25, -0.2) is 4.79 Å². The minimum atomic E-state index is -0.463. The highest BCUT2D eigenvalue weighted by Gasteiger charge is 2.26. The van der Waals surface area contributed by atoms with Crippen LogP contribution in [0.1, 0.15) is 15.9 Å². The third-order valence-electron chi connectivity index (χ3n) is 2.44. The summed E-state index contributed by atoms with van der Waals surface area (Å²) in [5.41, 5.74) is 8.95. The summed E-state index contributed by atoms with van der Waals surface area (Å²) >= 11 is 3.28. The molecule has 96 valence electrons. The molecule has 0 amide bonds. The molecular formula is C11H8BrN5O2. The molecule has 0 fully saturated rings. The minimum absolute atomic E-state index is 0.206. The van der Waals surface area contributed by atoms with E-state index in [0.717, 1.165) is 5.56 Å². The molecule has 0 saturated heterocycles. The quantitative estimate of drug-likeness (QED) is 0.335. The van der Waals surface area contributed by atoms with Crippen LogP contribution in [0.15, 0.2) is 21.7 Å². The smallest absolute Gasteiger partial charge is 0.341 e. The number of ether oxygens (including phenoxy) is 1. The van der Waals surface area contributed by atoms with Crippen LogP contribution < -0.4 is 11.2 Å². The van der Waals surface area contributed by atoms with Crippen molar-refractivity contribution >= 4 is 39.1 Å². The molecule has 0 aliphatic carbocycles. The molecule has 19 heavy (non-hydrogen) atoms. The second kappa shape index (κ2) is 5.07. The molecular weight excluding hydrogens is 314 g/mol. The number of nitrogens with zero attached hydrogens (tertiary/aromatic N) is 2. The van der Waals surface area contributed by atoms with Crippen molar-refractivity contribution in [3.8, 4) is 6.07 Å². The molecule has 4 N–H and O–H groups in total. The molecule has 0 bridgehead atoms. The molecule has 2 rings (SSSR count). The van der Waals surface area contributed by atoms with E-state index in [1.165, 1.54) is 0 Å². The number of anilines is 1. The topological polar surface area (TPSA) is 124 Å². The molecule has 0 aromatic heterocycles. The van der Waals surface area contributed by atoms with E-state index in [0.29, 0.717) is 15.7 Å². The molecule has 7 nitrogen and oxygen atoms in total. The Morgan fingerprint density at radius 2 is 2.37 bits per heavy atom. The first-order valence-corrected chi connectivity index (χ1v) is 5.90. The van der Waals surface area contributed by atoms with E-state index in [4.69, 9.17) is 21.1 Å². The molecule has 1 aliphatic heterocycles. The first-order valence-electron chi connectivity index (χ1n) is 5.11. The van der Waals surface area contributed by atoms with Crippen LogP contribution in [-0.2, 0) is 11.3 Å². The summed E-state index contributed by atoms with van der Waals surface area (Å²) in [6.45, 7) is 0.206. The monoisotopic (exact) mass is 321 g/mol. The maximum atomic E-state index is 11.6. The second-order valence-corrected chi connectivity index (χ2v) is 4.48. The Bertz CT molecular complexity index is 647. The van der Waals surface area contributed by atoms with Gasteiger partial charge in [0.05, 0.1) is 11.3 Å². The molecule has 1 aliphatic rings. The van der Waals surface area contributed by atoms with Gasteiger partial charge in [0.1, 0.15) is 12.7 Å². The van der Waals surface area contributed by atoms with Crippen molar-refractivity contribution in [3.05, 3.63) is 27.7 Å². The van der Waals surface area contributed by atoms with E-state index in [9.17, 15) is 4.79 Å². The Morgan fingerprint density at radius 1 is 1.63 bits per heavy atom. The van der Waals surface area contributed by atoms with Gasteiger partial charge in [0.25, 0.3) is 0 Å². The van der Waals surface area contributed by atoms with Crippen LogP contribution in [-0.4, -0.2) is 17.5 Å². The maximum Gasteiger partial charge on any atom is 0.341 e. The maximum absolute atomic E-state index is 11.6. The number of halogens is 1. The highest BCUT2D eigenvalue weighted by atomic mass is 79.9. The lowest BCUT2D eigenvalue weighted by atomic mass is 10.1. The van der Waals surface area contributed by atoms with Crippen molar-refractivity contribution in [2.45, 2.75) is 6.61 Å². The van der Waals surface area contributed by atoms with Gasteiger partial charge in [-0.3, -0.25) is 10.8 Å². The molecule has 1 heterocycles. The fourth-order valence-electron chi connectivity index (χ4n) is 1.56. The first kappa shape index (κ1) is 13.0. The van der Waals surface area contributed by atoms with Crippen molar-refractivity contribution in [1.82, 2.24) is 0 Å². The fourth-order valence-corrected chi connectivity index (χ4v) is 1.97. The van der Waals surface area contributed by atoms with E-state index in [2.05, 4.69) is 26.5 Å². The predicted octanol–water partition coefficient (Wildman–Crippen LogP) is 1.35. The zero-order valence-corrected chi connectivity index (χ0v) is 11.1. The highest BCUT2D eigenvalue weighted by Crippen LogP contribution is 2.33. The summed E-state index contributed by atoms with van der Waals surface area (Å²) in [4.78, 5) is 11.6. The van der Waals surface area contributed by atoms with Gasteiger partial charge in [-0.2, -0.15) is 10.4 Å². The Balaban J connectivity index is 2.42. The summed E-state index contributed by atoms with van der Waals surface area (Å²) < 4.78 is 5.51. The number of esters is 1. The number of nitriles is 1. The number of nitrogens with one attached hydrogen (secondary N) is 2. The lowest BCUT2D eigenvalue weighted by Gasteiger charge is -2.07. The third kappa shape index (κ3) is 2.41. The van der Waals surface area contributed by atoms with Gasteiger partial charge in [-0.1, -0.05) is 6.07 Å². The summed E-state index contributed by atoms with van der Waals surface area (Å²) in [7, 11) is 0. The average molecular weight is 322 g/mol. The first-order chi connectivity index (χ1) is 9.04. The van der Waals surface area contributed by atoms with E-state index in [1.807, 2.05) is 0 Å². The molecule has 0 atom stereocenters. The predicted molar refractivity (Wildman–Crippen MR) is 71.8 cm³/mol. The normalized spacial score (nSPS) is 13.5. The van der Waals surface area contributed by atoms with Gasteiger partial charge in [-0.05, 0) is 22.0 Å². The van der Waals surface area contributed by atoms with Gasteiger partial charge in [0.2, 0.25) is 5.71 Å². The minimum Gasteiger partial charge on any atom is -0.457 e. The van der Waals surface area contributed by atoms with E-state index in [-0.39, 0.29) is 12.3 Å². The third-order valence-corrected chi connectivity index (χ3v) is 3.11. The van der Waals surface area contributed by atoms with Crippen molar-refractivity contribution in [2.75, 3.05) is 5.43 Å². The number of amidine groups is 1. The van der Waals surface area contributed by atoms with Crippen LogP contribution in [0.4, 0.5) is 5.69 Å². The largest absolute Gasteiger partial charge is 0.457 e. The number of fused-ring (bicyclic) bond motifs is 1. The lowest BCUT2D eigenvalue weighted by Crippen LogP contribution is -2.22. The van der Waals surface area contributed by atoms with Crippen LogP contribution in [0, 0.1) is 16.7 Å². The average Bonchev–Trinajstić information content (AvgIpc) is 2.74. The van der Waals surface area contributed by atoms with Crippen LogP contribution in [0.25, 0.3) is 0 Å². The molecule has 8 heteroatoms. The molecule has 0 radical (unpaired) electrons. The van der Waals surface area contributed by atoms with Crippen molar-refractivity contribution in [3.63, 3.8) is 0 Å². The van der Waals surface area contributed by atoms with E-state index < -0.39 is 11.8 Å². The summed E-state index contributed by atoms with van der Waals surface area (Å²) in [5, 5.41) is 19.6. The standard InChI is InChI=1S/C11H8BrN5O2/c12-6-2-1-5-4-19-11(18)8(5)9(6)17-16-7(3-13)10(14)15/h1-2,17H,4H2,(H3,14,15)/b16-7+. The van der Waals surface area contributed by atoms with Crippen LogP contribution in [0.2, 0.25) is 0 Å². The number of hydrogen-bond donors (Lipinski definition) is 3. The molecule has 1 aromatic carbocycles. The lowest BCUT2D eigenvalue weighted by molar-refractivity contribution is 0.0535. The summed E-state index contributed by atoms with van der Waals surface area (Å²) in [5.74, 6) is -0.920. The number of cyclic esters (lactones) is 1. The molecule has 1 aromatic rings. The van der Waals surface area contributed by atoms with Crippen molar-refractivity contribution < 1.29 is 9.53 Å². The van der Waals surface area contributed by atoms with Gasteiger partial charge >= 0.3 is 5.97 Å². The van der Waals surface area contributed by atoms with Crippen LogP contribution >= 0.6 is 15.9 Å².